The lowest BCUT2D eigenvalue weighted by atomic mass is 9.87. The summed E-state index contributed by atoms with van der Waals surface area (Å²) < 4.78 is 39.0. The van der Waals surface area contributed by atoms with Gasteiger partial charge in [-0.15, -0.1) is 0 Å². The lowest BCUT2D eigenvalue weighted by molar-refractivity contribution is -0.134. The van der Waals surface area contributed by atoms with Gasteiger partial charge in [0.05, 0.1) is 5.69 Å². The van der Waals surface area contributed by atoms with Crippen molar-refractivity contribution in [1.82, 2.24) is 9.78 Å². The average molecular weight is 383 g/mol. The highest BCUT2D eigenvalue weighted by Crippen LogP contribution is 2.39. The van der Waals surface area contributed by atoms with E-state index in [-0.39, 0.29) is 23.4 Å². The number of carbonyl (C=O) groups is 1. The molecule has 1 aliphatic carbocycles. The number of hydrogen-bond acceptors (Lipinski definition) is 4. The maximum absolute atomic E-state index is 12.5. The van der Waals surface area contributed by atoms with Crippen molar-refractivity contribution in [3.63, 3.8) is 0 Å². The largest absolute Gasteiger partial charge is 0.508 e. The van der Waals surface area contributed by atoms with Crippen LogP contribution in [0.5, 0.6) is 5.75 Å². The van der Waals surface area contributed by atoms with E-state index in [0.717, 1.165) is 5.56 Å². The molecule has 1 heterocycles. The van der Waals surface area contributed by atoms with E-state index in [0.29, 0.717) is 49.2 Å². The monoisotopic (exact) mass is 383 g/mol. The Bertz CT molecular complexity index is 875. The van der Waals surface area contributed by atoms with Gasteiger partial charge in [-0.2, -0.15) is 18.3 Å². The Morgan fingerprint density at radius 2 is 2.04 bits per heavy atom. The Morgan fingerprint density at radius 1 is 1.30 bits per heavy atom. The maximum atomic E-state index is 12.5. The molecule has 0 aliphatic heterocycles. The molecule has 4 N–H and O–H groups in total. The van der Waals surface area contributed by atoms with Gasteiger partial charge in [0.25, 0.3) is 0 Å². The number of fused-ring (bicyclic) bond motifs is 3. The lowest BCUT2D eigenvalue weighted by Gasteiger charge is -2.18. The molecule has 0 saturated carbocycles. The standard InChI is InChI=1S/C18H20F3N3O3/c19-18(20,21)5-4-11-8-13-10(9-14(11)25)2-3-12-15(13)23-24(7-1-6-22)16(12)17(26)27/h8-9,25H,1-7,22H2,(H,26,27). The van der Waals surface area contributed by atoms with E-state index in [4.69, 9.17) is 5.73 Å². The summed E-state index contributed by atoms with van der Waals surface area (Å²) in [5.41, 5.74) is 8.12. The number of nitrogens with zero attached hydrogens (tertiary/aromatic N) is 2. The zero-order valence-corrected chi connectivity index (χ0v) is 14.5. The minimum Gasteiger partial charge on any atom is -0.508 e. The van der Waals surface area contributed by atoms with Crippen LogP contribution >= 0.6 is 0 Å². The molecule has 146 valence electrons. The van der Waals surface area contributed by atoms with Gasteiger partial charge in [-0.3, -0.25) is 4.68 Å². The number of carboxylic acid groups (broad SMARTS) is 1. The minimum atomic E-state index is -4.33. The number of hydrogen-bond donors (Lipinski definition) is 3. The second kappa shape index (κ2) is 7.22. The van der Waals surface area contributed by atoms with Crippen LogP contribution in [0.25, 0.3) is 11.3 Å². The minimum absolute atomic E-state index is 0.0917. The lowest BCUT2D eigenvalue weighted by Crippen LogP contribution is -2.14. The van der Waals surface area contributed by atoms with Crippen molar-refractivity contribution in [1.29, 1.82) is 0 Å². The summed E-state index contributed by atoms with van der Waals surface area (Å²) in [4.78, 5) is 11.7. The third-order valence-electron chi connectivity index (χ3n) is 4.71. The fraction of sp³-hybridized carbons (Fsp3) is 0.444. The zero-order chi connectivity index (χ0) is 19.8. The number of alkyl halides is 3. The SMILES string of the molecule is NCCCn1nc2c(c1C(=O)O)CCc1cc(O)c(CCC(F)(F)F)cc1-2. The number of aryl methyl sites for hydroxylation is 3. The van der Waals surface area contributed by atoms with Crippen LogP contribution < -0.4 is 5.73 Å². The van der Waals surface area contributed by atoms with Crippen LogP contribution in [-0.4, -0.2) is 38.7 Å². The highest BCUT2D eigenvalue weighted by atomic mass is 19.4. The van der Waals surface area contributed by atoms with Gasteiger partial charge in [0.2, 0.25) is 0 Å². The van der Waals surface area contributed by atoms with Crippen LogP contribution in [0.4, 0.5) is 13.2 Å². The normalized spacial score (nSPS) is 13.3. The number of rotatable bonds is 6. The summed E-state index contributed by atoms with van der Waals surface area (Å²) in [5.74, 6) is -1.28. The number of carboxylic acids is 1. The third-order valence-corrected chi connectivity index (χ3v) is 4.71. The number of aromatic hydroxyl groups is 1. The van der Waals surface area contributed by atoms with Crippen molar-refractivity contribution < 1.29 is 28.2 Å². The molecule has 1 aromatic heterocycles. The van der Waals surface area contributed by atoms with Crippen LogP contribution in [0, 0.1) is 0 Å². The number of halogens is 3. The first-order valence-corrected chi connectivity index (χ1v) is 8.66. The molecule has 3 rings (SSSR count). The predicted octanol–water partition coefficient (Wildman–Crippen LogP) is 2.90. The van der Waals surface area contributed by atoms with E-state index in [2.05, 4.69) is 5.10 Å². The van der Waals surface area contributed by atoms with Crippen molar-refractivity contribution in [2.75, 3.05) is 6.54 Å². The summed E-state index contributed by atoms with van der Waals surface area (Å²) >= 11 is 0. The third kappa shape index (κ3) is 3.92. The average Bonchev–Trinajstić information content (AvgIpc) is 2.96. The first-order chi connectivity index (χ1) is 12.7. The van der Waals surface area contributed by atoms with Gasteiger partial charge in [-0.05, 0) is 55.5 Å². The van der Waals surface area contributed by atoms with E-state index >= 15 is 0 Å². The molecule has 1 aliphatic rings. The Labute approximate surface area is 153 Å². The van der Waals surface area contributed by atoms with Gasteiger partial charge in [-0.25, -0.2) is 4.79 Å². The smallest absolute Gasteiger partial charge is 0.389 e. The molecule has 0 spiro atoms. The first kappa shape index (κ1) is 19.2. The fourth-order valence-electron chi connectivity index (χ4n) is 3.43. The molecule has 0 bridgehead atoms. The molecule has 0 unspecified atom stereocenters. The van der Waals surface area contributed by atoms with E-state index in [1.807, 2.05) is 0 Å². The van der Waals surface area contributed by atoms with Crippen LogP contribution in [0.2, 0.25) is 0 Å². The molecule has 0 saturated heterocycles. The van der Waals surface area contributed by atoms with Crippen LogP contribution in [0.3, 0.4) is 0 Å². The second-order valence-corrected chi connectivity index (χ2v) is 6.60. The van der Waals surface area contributed by atoms with Crippen molar-refractivity contribution >= 4 is 5.97 Å². The number of aromatic nitrogens is 2. The van der Waals surface area contributed by atoms with Crippen molar-refractivity contribution in [3.8, 4) is 17.0 Å². The fourth-order valence-corrected chi connectivity index (χ4v) is 3.43. The maximum Gasteiger partial charge on any atom is 0.389 e. The molecule has 27 heavy (non-hydrogen) atoms. The summed E-state index contributed by atoms with van der Waals surface area (Å²) in [6.45, 7) is 0.731. The highest BCUT2D eigenvalue weighted by molar-refractivity contribution is 5.91. The van der Waals surface area contributed by atoms with E-state index < -0.39 is 18.6 Å². The van der Waals surface area contributed by atoms with Crippen molar-refractivity contribution in [2.45, 2.75) is 44.8 Å². The second-order valence-electron chi connectivity index (χ2n) is 6.60. The first-order valence-electron chi connectivity index (χ1n) is 8.66. The van der Waals surface area contributed by atoms with E-state index in [9.17, 15) is 28.2 Å². The Balaban J connectivity index is 2.05. The molecule has 9 heteroatoms. The molecule has 0 amide bonds. The molecule has 6 nitrogen and oxygen atoms in total. The topological polar surface area (TPSA) is 101 Å². The molecule has 0 radical (unpaired) electrons. The Morgan fingerprint density at radius 3 is 2.67 bits per heavy atom. The number of phenolic OH excluding ortho intramolecular Hbond substituents is 1. The van der Waals surface area contributed by atoms with Crippen molar-refractivity contribution in [2.24, 2.45) is 5.73 Å². The summed E-state index contributed by atoms with van der Waals surface area (Å²) in [5, 5.41) is 24.1. The van der Waals surface area contributed by atoms with Gasteiger partial charge in [0.15, 0.2) is 0 Å². The van der Waals surface area contributed by atoms with Crippen molar-refractivity contribution in [3.05, 3.63) is 34.5 Å². The number of aromatic carboxylic acids is 1. The van der Waals surface area contributed by atoms with Crippen LogP contribution in [-0.2, 0) is 25.8 Å². The number of phenols is 1. The van der Waals surface area contributed by atoms with Crippen LogP contribution in [0.15, 0.2) is 12.1 Å². The van der Waals surface area contributed by atoms with E-state index in [1.54, 1.807) is 0 Å². The Kier molecular flexibility index (Phi) is 5.14. The van der Waals surface area contributed by atoms with Crippen LogP contribution in [0.1, 0.15) is 40.0 Å². The Hall–Kier alpha value is -2.55. The van der Waals surface area contributed by atoms with Gasteiger partial charge in [0, 0.05) is 24.1 Å². The van der Waals surface area contributed by atoms with Gasteiger partial charge < -0.3 is 15.9 Å². The quantitative estimate of drug-likeness (QED) is 0.712. The number of nitrogens with two attached hydrogens (primary N) is 1. The number of benzene rings is 1. The predicted molar refractivity (Wildman–Crippen MR) is 91.7 cm³/mol. The molecule has 1 aromatic carbocycles. The zero-order valence-electron chi connectivity index (χ0n) is 14.5. The summed E-state index contributed by atoms with van der Waals surface area (Å²) in [7, 11) is 0. The summed E-state index contributed by atoms with van der Waals surface area (Å²) in [6.07, 6.45) is -4.24. The molecular weight excluding hydrogens is 363 g/mol. The molecule has 2 aromatic rings. The highest BCUT2D eigenvalue weighted by Gasteiger charge is 2.30. The molecule has 0 atom stereocenters. The van der Waals surface area contributed by atoms with E-state index in [1.165, 1.54) is 16.8 Å². The molecule has 0 fully saturated rings. The summed E-state index contributed by atoms with van der Waals surface area (Å²) in [6, 6.07) is 2.96. The van der Waals surface area contributed by atoms with Gasteiger partial charge in [-0.1, -0.05) is 0 Å². The van der Waals surface area contributed by atoms with Gasteiger partial charge >= 0.3 is 12.1 Å². The van der Waals surface area contributed by atoms with Gasteiger partial charge in [0.1, 0.15) is 11.4 Å². The molecular formula is C18H20F3N3O3.